The summed E-state index contributed by atoms with van der Waals surface area (Å²) < 4.78 is 34.6. The molecule has 3 amide bonds. The van der Waals surface area contributed by atoms with Crippen molar-refractivity contribution in [2.75, 3.05) is 31.5 Å². The Hall–Kier alpha value is -5.40. The lowest BCUT2D eigenvalue weighted by atomic mass is 10.0. The molecule has 14 heteroatoms. The number of piperazine rings is 1. The van der Waals surface area contributed by atoms with E-state index in [0.29, 0.717) is 37.2 Å². The Morgan fingerprint density at radius 3 is 2.57 bits per heavy atom. The fraction of sp³-hybridized carbons (Fsp3) is 0.214. The van der Waals surface area contributed by atoms with E-state index in [1.54, 1.807) is 40.3 Å². The zero-order valence-corrected chi connectivity index (χ0v) is 22.1. The predicted octanol–water partition coefficient (Wildman–Crippen LogP) is 2.90. The summed E-state index contributed by atoms with van der Waals surface area (Å²) in [5, 5.41) is 12.9. The SMILES string of the molecule is O=CN1CCN(C(=O)Cn2cc(NC(=O)c3cnn4cccnc34)c(-c3cc4ccccc4cc3OC(F)F)n2)CC1. The average Bonchev–Trinajstić information content (AvgIpc) is 3.60. The highest BCUT2D eigenvalue weighted by Crippen LogP contribution is 2.38. The molecule has 4 heterocycles. The summed E-state index contributed by atoms with van der Waals surface area (Å²) in [6, 6.07) is 12.0. The number of amides is 3. The van der Waals surface area contributed by atoms with Gasteiger partial charge in [0.05, 0.1) is 11.9 Å². The number of aromatic nitrogens is 5. The molecule has 1 fully saturated rings. The van der Waals surface area contributed by atoms with Gasteiger partial charge in [-0.3, -0.25) is 19.1 Å². The highest BCUT2D eigenvalue weighted by molar-refractivity contribution is 6.09. The number of hydrogen-bond acceptors (Lipinski definition) is 7. The second-order valence-corrected chi connectivity index (χ2v) is 9.59. The third-order valence-corrected chi connectivity index (χ3v) is 6.97. The zero-order valence-electron chi connectivity index (χ0n) is 22.1. The first-order valence-electron chi connectivity index (χ1n) is 13.0. The van der Waals surface area contributed by atoms with Crippen LogP contribution in [0.2, 0.25) is 0 Å². The topological polar surface area (TPSA) is 127 Å². The van der Waals surface area contributed by atoms with E-state index in [9.17, 15) is 23.2 Å². The predicted molar refractivity (Wildman–Crippen MR) is 147 cm³/mol. The Kier molecular flexibility index (Phi) is 7.17. The molecule has 6 rings (SSSR count). The van der Waals surface area contributed by atoms with E-state index in [1.807, 2.05) is 12.1 Å². The molecule has 0 atom stereocenters. The van der Waals surface area contributed by atoms with Crippen LogP contribution in [0.25, 0.3) is 27.7 Å². The van der Waals surface area contributed by atoms with Gasteiger partial charge in [0.1, 0.15) is 23.6 Å². The number of carbonyl (C=O) groups is 3. The van der Waals surface area contributed by atoms with Crippen molar-refractivity contribution in [3.05, 3.63) is 72.8 Å². The minimum absolute atomic E-state index is 0.132. The normalized spacial score (nSPS) is 13.6. The standard InChI is InChI=1S/C28H24F2N8O4/c29-28(30)42-23-13-19-5-2-1-4-18(19)12-20(23)25-22(33-27(41)21-14-32-38-7-3-6-31-26(21)38)15-37(34-25)16-24(40)36-10-8-35(17-39)9-11-36/h1-7,12-15,17,28H,8-11,16H2,(H,33,41). The van der Waals surface area contributed by atoms with Crippen molar-refractivity contribution >= 4 is 40.3 Å². The zero-order chi connectivity index (χ0) is 29.2. The van der Waals surface area contributed by atoms with E-state index in [4.69, 9.17) is 4.74 Å². The van der Waals surface area contributed by atoms with Gasteiger partial charge in [-0.25, -0.2) is 9.50 Å². The minimum Gasteiger partial charge on any atom is -0.434 e. The number of benzene rings is 2. The molecule has 2 aromatic carbocycles. The largest absolute Gasteiger partial charge is 0.434 e. The van der Waals surface area contributed by atoms with E-state index in [-0.39, 0.29) is 40.7 Å². The molecule has 1 aliphatic rings. The van der Waals surface area contributed by atoms with Gasteiger partial charge < -0.3 is 19.9 Å². The molecule has 12 nitrogen and oxygen atoms in total. The monoisotopic (exact) mass is 574 g/mol. The van der Waals surface area contributed by atoms with Crippen LogP contribution in [0.15, 0.2) is 67.3 Å². The summed E-state index contributed by atoms with van der Waals surface area (Å²) in [4.78, 5) is 44.9. The Labute approximate surface area is 237 Å². The van der Waals surface area contributed by atoms with Gasteiger partial charge in [0.25, 0.3) is 5.91 Å². The molecule has 0 spiro atoms. The van der Waals surface area contributed by atoms with Gasteiger partial charge in [0.15, 0.2) is 5.65 Å². The van der Waals surface area contributed by atoms with Gasteiger partial charge >= 0.3 is 6.61 Å². The van der Waals surface area contributed by atoms with Crippen molar-refractivity contribution in [2.24, 2.45) is 0 Å². The molecule has 0 aliphatic carbocycles. The summed E-state index contributed by atoms with van der Waals surface area (Å²) in [5.74, 6) is -0.946. The number of nitrogens with zero attached hydrogens (tertiary/aromatic N) is 7. The van der Waals surface area contributed by atoms with Crippen LogP contribution in [0.1, 0.15) is 10.4 Å². The number of rotatable bonds is 8. The maximum absolute atomic E-state index is 13.5. The number of anilines is 1. The van der Waals surface area contributed by atoms with E-state index < -0.39 is 12.5 Å². The molecule has 0 unspecified atom stereocenters. The lowest BCUT2D eigenvalue weighted by molar-refractivity contribution is -0.135. The quantitative estimate of drug-likeness (QED) is 0.283. The third-order valence-electron chi connectivity index (χ3n) is 6.97. The van der Waals surface area contributed by atoms with E-state index >= 15 is 0 Å². The maximum Gasteiger partial charge on any atom is 0.387 e. The molecule has 1 N–H and O–H groups in total. The van der Waals surface area contributed by atoms with Crippen LogP contribution in [-0.2, 0) is 16.1 Å². The fourth-order valence-electron chi connectivity index (χ4n) is 4.88. The molecule has 0 bridgehead atoms. The van der Waals surface area contributed by atoms with Gasteiger partial charge in [-0.05, 0) is 29.0 Å². The molecule has 42 heavy (non-hydrogen) atoms. The highest BCUT2D eigenvalue weighted by atomic mass is 19.3. The molecule has 0 saturated carbocycles. The number of fused-ring (bicyclic) bond motifs is 2. The Bertz CT molecular complexity index is 1800. The number of nitrogens with one attached hydrogen (secondary N) is 1. The van der Waals surface area contributed by atoms with Crippen molar-refractivity contribution in [1.29, 1.82) is 0 Å². The van der Waals surface area contributed by atoms with Gasteiger partial charge in [-0.15, -0.1) is 0 Å². The first kappa shape index (κ1) is 26.8. The number of halogens is 2. The molecular formula is C28H24F2N8O4. The van der Waals surface area contributed by atoms with Gasteiger partial charge in [-0.2, -0.15) is 19.0 Å². The van der Waals surface area contributed by atoms with Gasteiger partial charge in [0.2, 0.25) is 12.3 Å². The number of hydrogen-bond donors (Lipinski definition) is 1. The van der Waals surface area contributed by atoms with Gasteiger partial charge in [-0.1, -0.05) is 24.3 Å². The van der Waals surface area contributed by atoms with Crippen molar-refractivity contribution in [3.8, 4) is 17.0 Å². The Morgan fingerprint density at radius 2 is 1.83 bits per heavy atom. The summed E-state index contributed by atoms with van der Waals surface area (Å²) >= 11 is 0. The molecule has 1 aliphatic heterocycles. The molecule has 3 aromatic heterocycles. The van der Waals surface area contributed by atoms with Crippen molar-refractivity contribution in [2.45, 2.75) is 13.2 Å². The maximum atomic E-state index is 13.5. The molecule has 5 aromatic rings. The van der Waals surface area contributed by atoms with Crippen LogP contribution in [0.3, 0.4) is 0 Å². The van der Waals surface area contributed by atoms with Crippen LogP contribution in [0.5, 0.6) is 5.75 Å². The second-order valence-electron chi connectivity index (χ2n) is 9.59. The molecular weight excluding hydrogens is 550 g/mol. The van der Waals surface area contributed by atoms with Crippen LogP contribution < -0.4 is 10.1 Å². The molecule has 0 radical (unpaired) electrons. The molecule has 1 saturated heterocycles. The van der Waals surface area contributed by atoms with Crippen LogP contribution in [0.4, 0.5) is 14.5 Å². The number of alkyl halides is 2. The van der Waals surface area contributed by atoms with Crippen molar-refractivity contribution in [1.82, 2.24) is 34.2 Å². The summed E-state index contributed by atoms with van der Waals surface area (Å²) in [6.45, 7) is -1.72. The van der Waals surface area contributed by atoms with Crippen LogP contribution in [0, 0.1) is 0 Å². The molecule has 214 valence electrons. The first-order valence-corrected chi connectivity index (χ1v) is 13.0. The minimum atomic E-state index is -3.11. The average molecular weight is 575 g/mol. The van der Waals surface area contributed by atoms with E-state index in [0.717, 1.165) is 11.8 Å². The van der Waals surface area contributed by atoms with Crippen molar-refractivity contribution in [3.63, 3.8) is 0 Å². The second kappa shape index (κ2) is 11.2. The Morgan fingerprint density at radius 1 is 1.07 bits per heavy atom. The van der Waals surface area contributed by atoms with E-state index in [1.165, 1.54) is 33.9 Å². The lowest BCUT2D eigenvalue weighted by Gasteiger charge is -2.32. The van der Waals surface area contributed by atoms with Crippen LogP contribution in [-0.4, -0.2) is 85.2 Å². The Balaban J connectivity index is 1.39. The van der Waals surface area contributed by atoms with Crippen LogP contribution >= 0.6 is 0 Å². The summed E-state index contributed by atoms with van der Waals surface area (Å²) in [6.07, 6.45) is 6.75. The van der Waals surface area contributed by atoms with Crippen molar-refractivity contribution < 1.29 is 27.9 Å². The number of ether oxygens (including phenoxy) is 1. The van der Waals surface area contributed by atoms with E-state index in [2.05, 4.69) is 20.5 Å². The smallest absolute Gasteiger partial charge is 0.387 e. The highest BCUT2D eigenvalue weighted by Gasteiger charge is 2.25. The lowest BCUT2D eigenvalue weighted by Crippen LogP contribution is -2.49. The summed E-state index contributed by atoms with van der Waals surface area (Å²) in [5.41, 5.74) is 1.01. The van der Waals surface area contributed by atoms with Gasteiger partial charge in [0, 0.05) is 50.3 Å². The summed E-state index contributed by atoms with van der Waals surface area (Å²) in [7, 11) is 0. The fourth-order valence-corrected chi connectivity index (χ4v) is 4.88. The third kappa shape index (κ3) is 5.33. The first-order chi connectivity index (χ1) is 20.4. The number of carbonyl (C=O) groups excluding carboxylic acids is 3.